The predicted octanol–water partition coefficient (Wildman–Crippen LogP) is 5.20. The minimum absolute atomic E-state index is 0.0514. The summed E-state index contributed by atoms with van der Waals surface area (Å²) in [5.41, 5.74) is 3.41. The third-order valence-electron chi connectivity index (χ3n) is 5.20. The molecule has 0 spiro atoms. The number of hydrogen-bond donors (Lipinski definition) is 0. The predicted molar refractivity (Wildman–Crippen MR) is 111 cm³/mol. The SMILES string of the molecule is CCn1c(C(=O)c2c(C)n(CCC(C)=O)c3ccccc23)cc2ccsc21. The number of nitrogens with zero attached hydrogens (tertiary/aromatic N) is 2. The number of fused-ring (bicyclic) bond motifs is 2. The Bertz CT molecular complexity index is 1180. The van der Waals surface area contributed by atoms with E-state index < -0.39 is 0 Å². The number of rotatable bonds is 6. The summed E-state index contributed by atoms with van der Waals surface area (Å²) in [6, 6.07) is 12.0. The highest BCUT2D eigenvalue weighted by molar-refractivity contribution is 7.16. The first-order chi connectivity index (χ1) is 13.0. The Balaban J connectivity index is 1.90. The van der Waals surface area contributed by atoms with Crippen LogP contribution in [0, 0.1) is 6.92 Å². The fourth-order valence-corrected chi connectivity index (χ4v) is 4.84. The smallest absolute Gasteiger partial charge is 0.211 e. The molecule has 0 aliphatic rings. The molecule has 138 valence electrons. The van der Waals surface area contributed by atoms with E-state index in [4.69, 9.17) is 0 Å². The van der Waals surface area contributed by atoms with Crippen molar-refractivity contribution in [3.63, 3.8) is 0 Å². The molecule has 0 unspecified atom stereocenters. The number of Topliss-reactive ketones (excluding diaryl/α,β-unsaturated/α-hetero) is 1. The van der Waals surface area contributed by atoms with Gasteiger partial charge in [-0.1, -0.05) is 18.2 Å². The number of aromatic nitrogens is 2. The number of carbonyl (C=O) groups is 2. The molecule has 0 fully saturated rings. The van der Waals surface area contributed by atoms with E-state index in [1.165, 1.54) is 0 Å². The Labute approximate surface area is 162 Å². The van der Waals surface area contributed by atoms with Gasteiger partial charge in [0, 0.05) is 41.5 Å². The second-order valence-corrected chi connectivity index (χ2v) is 7.76. The van der Waals surface area contributed by atoms with Crippen molar-refractivity contribution in [1.29, 1.82) is 0 Å². The normalized spacial score (nSPS) is 11.5. The monoisotopic (exact) mass is 378 g/mol. The van der Waals surface area contributed by atoms with Crippen LogP contribution in [0.15, 0.2) is 41.8 Å². The van der Waals surface area contributed by atoms with E-state index in [0.717, 1.165) is 44.6 Å². The largest absolute Gasteiger partial charge is 0.344 e. The van der Waals surface area contributed by atoms with E-state index >= 15 is 0 Å². The van der Waals surface area contributed by atoms with E-state index in [9.17, 15) is 9.59 Å². The van der Waals surface area contributed by atoms with Gasteiger partial charge in [-0.25, -0.2) is 0 Å². The molecule has 0 aliphatic carbocycles. The number of para-hydroxylation sites is 1. The Kier molecular flexibility index (Phi) is 4.48. The summed E-state index contributed by atoms with van der Waals surface area (Å²) in [6.07, 6.45) is 0.466. The van der Waals surface area contributed by atoms with Gasteiger partial charge in [-0.2, -0.15) is 0 Å². The second-order valence-electron chi connectivity index (χ2n) is 6.87. The Morgan fingerprint density at radius 3 is 2.63 bits per heavy atom. The lowest BCUT2D eigenvalue weighted by molar-refractivity contribution is -0.117. The highest BCUT2D eigenvalue weighted by Gasteiger charge is 2.24. The summed E-state index contributed by atoms with van der Waals surface area (Å²) in [5.74, 6) is 0.204. The molecule has 3 aromatic heterocycles. The summed E-state index contributed by atoms with van der Waals surface area (Å²) >= 11 is 1.66. The lowest BCUT2D eigenvalue weighted by atomic mass is 10.0. The average molecular weight is 378 g/mol. The van der Waals surface area contributed by atoms with Gasteiger partial charge >= 0.3 is 0 Å². The van der Waals surface area contributed by atoms with E-state index in [1.54, 1.807) is 18.3 Å². The fraction of sp³-hybridized carbons (Fsp3) is 0.273. The number of ketones is 2. The van der Waals surface area contributed by atoms with Gasteiger partial charge < -0.3 is 9.13 Å². The van der Waals surface area contributed by atoms with Crippen LogP contribution in [0.1, 0.15) is 42.0 Å². The summed E-state index contributed by atoms with van der Waals surface area (Å²) in [4.78, 5) is 26.2. The van der Waals surface area contributed by atoms with Gasteiger partial charge in [0.05, 0.1) is 11.3 Å². The zero-order valence-corrected chi connectivity index (χ0v) is 16.6. The molecular formula is C22H22N2O2S. The maximum atomic E-state index is 13.6. The molecule has 4 aromatic rings. The summed E-state index contributed by atoms with van der Waals surface area (Å²) in [5, 5.41) is 4.13. The molecule has 27 heavy (non-hydrogen) atoms. The van der Waals surface area contributed by atoms with Crippen molar-refractivity contribution in [3.05, 3.63) is 58.7 Å². The van der Waals surface area contributed by atoms with Crippen LogP contribution in [0.2, 0.25) is 0 Å². The van der Waals surface area contributed by atoms with Crippen LogP contribution >= 0.6 is 11.3 Å². The minimum atomic E-state index is 0.0514. The molecule has 3 heterocycles. The highest BCUT2D eigenvalue weighted by atomic mass is 32.1. The van der Waals surface area contributed by atoms with Crippen molar-refractivity contribution in [2.24, 2.45) is 0 Å². The maximum Gasteiger partial charge on any atom is 0.211 e. The van der Waals surface area contributed by atoms with E-state index in [0.29, 0.717) is 13.0 Å². The Morgan fingerprint density at radius 2 is 1.89 bits per heavy atom. The van der Waals surface area contributed by atoms with Crippen LogP contribution in [0.4, 0.5) is 0 Å². The summed E-state index contributed by atoms with van der Waals surface area (Å²) in [7, 11) is 0. The molecule has 4 rings (SSSR count). The summed E-state index contributed by atoms with van der Waals surface area (Å²) in [6.45, 7) is 7.01. The van der Waals surface area contributed by atoms with Crippen molar-refractivity contribution < 1.29 is 9.59 Å². The van der Waals surface area contributed by atoms with Crippen molar-refractivity contribution in [2.45, 2.75) is 40.3 Å². The highest BCUT2D eigenvalue weighted by Crippen LogP contribution is 2.31. The number of hydrogen-bond acceptors (Lipinski definition) is 3. The summed E-state index contributed by atoms with van der Waals surface area (Å²) < 4.78 is 4.20. The molecule has 0 atom stereocenters. The van der Waals surface area contributed by atoms with Crippen LogP contribution in [0.5, 0.6) is 0 Å². The first-order valence-corrected chi connectivity index (χ1v) is 10.1. The van der Waals surface area contributed by atoms with Gasteiger partial charge in [0.2, 0.25) is 5.78 Å². The van der Waals surface area contributed by atoms with E-state index in [2.05, 4.69) is 27.5 Å². The molecule has 4 nitrogen and oxygen atoms in total. The molecule has 1 aromatic carbocycles. The Morgan fingerprint density at radius 1 is 1.11 bits per heavy atom. The second kappa shape index (κ2) is 6.82. The molecular weight excluding hydrogens is 356 g/mol. The average Bonchev–Trinajstić information content (AvgIpc) is 3.30. The zero-order chi connectivity index (χ0) is 19.1. The van der Waals surface area contributed by atoms with E-state index in [1.807, 2.05) is 37.3 Å². The first kappa shape index (κ1) is 17.7. The van der Waals surface area contributed by atoms with Gasteiger partial charge in [0.1, 0.15) is 10.6 Å². The van der Waals surface area contributed by atoms with Crippen molar-refractivity contribution in [3.8, 4) is 0 Å². The molecule has 0 radical (unpaired) electrons. The standard InChI is InChI=1S/C22H22N2O2S/c1-4-23-19(13-16-10-12-27-22(16)23)21(26)20-15(3)24(11-9-14(2)25)18-8-6-5-7-17(18)20/h5-8,10,12-13H,4,9,11H2,1-3H3. The minimum Gasteiger partial charge on any atom is -0.344 e. The topological polar surface area (TPSA) is 44.0 Å². The fourth-order valence-electron chi connectivity index (χ4n) is 3.88. The molecule has 0 amide bonds. The lowest BCUT2D eigenvalue weighted by Crippen LogP contribution is -2.11. The third-order valence-corrected chi connectivity index (χ3v) is 6.15. The van der Waals surface area contributed by atoms with E-state index in [-0.39, 0.29) is 11.6 Å². The van der Waals surface area contributed by atoms with Crippen LogP contribution in [-0.4, -0.2) is 20.7 Å². The zero-order valence-electron chi connectivity index (χ0n) is 15.8. The van der Waals surface area contributed by atoms with Gasteiger partial charge in [0.15, 0.2) is 0 Å². The van der Waals surface area contributed by atoms with Crippen LogP contribution < -0.4 is 0 Å². The lowest BCUT2D eigenvalue weighted by Gasteiger charge is -2.09. The van der Waals surface area contributed by atoms with Gasteiger partial charge in [-0.05, 0) is 44.4 Å². The quantitative estimate of drug-likeness (QED) is 0.433. The van der Waals surface area contributed by atoms with Crippen molar-refractivity contribution in [2.75, 3.05) is 0 Å². The van der Waals surface area contributed by atoms with Crippen LogP contribution in [0.25, 0.3) is 21.1 Å². The van der Waals surface area contributed by atoms with Gasteiger partial charge in [0.25, 0.3) is 0 Å². The third kappa shape index (κ3) is 2.82. The molecule has 0 bridgehead atoms. The number of benzene rings is 1. The molecule has 5 heteroatoms. The molecule has 0 aliphatic heterocycles. The first-order valence-electron chi connectivity index (χ1n) is 9.21. The molecule has 0 N–H and O–H groups in total. The van der Waals surface area contributed by atoms with Crippen molar-refractivity contribution >= 4 is 44.0 Å². The number of thiophene rings is 1. The number of carbonyl (C=O) groups excluding carboxylic acids is 2. The van der Waals surface area contributed by atoms with Gasteiger partial charge in [-0.15, -0.1) is 11.3 Å². The Hall–Kier alpha value is -2.66. The van der Waals surface area contributed by atoms with Crippen molar-refractivity contribution in [1.82, 2.24) is 9.13 Å². The van der Waals surface area contributed by atoms with Gasteiger partial charge in [-0.3, -0.25) is 9.59 Å². The van der Waals surface area contributed by atoms with Crippen LogP contribution in [0.3, 0.4) is 0 Å². The molecule has 0 saturated carbocycles. The molecule has 0 saturated heterocycles. The maximum absolute atomic E-state index is 13.6. The number of aryl methyl sites for hydroxylation is 2. The van der Waals surface area contributed by atoms with Crippen LogP contribution in [-0.2, 0) is 17.9 Å².